The summed E-state index contributed by atoms with van der Waals surface area (Å²) in [7, 11) is 1.83. The van der Waals surface area contributed by atoms with Crippen molar-refractivity contribution in [2.45, 2.75) is 13.3 Å². The molecule has 2 rings (SSSR count). The van der Waals surface area contributed by atoms with Gasteiger partial charge in [0.2, 0.25) is 0 Å². The number of anilines is 1. The van der Waals surface area contributed by atoms with Crippen molar-refractivity contribution in [2.75, 3.05) is 32.1 Å². The van der Waals surface area contributed by atoms with Crippen LogP contribution >= 0.6 is 0 Å². The van der Waals surface area contributed by atoms with Gasteiger partial charge < -0.3 is 15.3 Å². The highest BCUT2D eigenvalue weighted by molar-refractivity contribution is 5.99. The maximum atomic E-state index is 12.4. The molecule has 1 aliphatic heterocycles. The van der Waals surface area contributed by atoms with Gasteiger partial charge in [0.25, 0.3) is 5.91 Å². The number of benzene rings is 1. The number of hydrogen-bond acceptors (Lipinski definition) is 3. The molecule has 98 valence electrons. The van der Waals surface area contributed by atoms with Crippen molar-refractivity contribution in [3.63, 3.8) is 0 Å². The van der Waals surface area contributed by atoms with Crippen LogP contribution in [0.25, 0.3) is 0 Å². The molecule has 1 heterocycles. The molecular formula is C14H20N2O2. The number of carbonyl (C=O) groups is 1. The van der Waals surface area contributed by atoms with Crippen LogP contribution in [0.15, 0.2) is 18.2 Å². The van der Waals surface area contributed by atoms with E-state index in [2.05, 4.69) is 5.32 Å². The second-order valence-corrected chi connectivity index (χ2v) is 4.89. The zero-order valence-electron chi connectivity index (χ0n) is 10.9. The van der Waals surface area contributed by atoms with Crippen molar-refractivity contribution in [3.05, 3.63) is 29.3 Å². The van der Waals surface area contributed by atoms with Crippen molar-refractivity contribution < 1.29 is 9.90 Å². The molecule has 4 heteroatoms. The summed E-state index contributed by atoms with van der Waals surface area (Å²) in [6.45, 7) is 3.57. The van der Waals surface area contributed by atoms with Crippen LogP contribution in [0.3, 0.4) is 0 Å². The van der Waals surface area contributed by atoms with Crippen LogP contribution < -0.4 is 5.32 Å². The van der Waals surface area contributed by atoms with Gasteiger partial charge in [-0.25, -0.2) is 0 Å². The van der Waals surface area contributed by atoms with E-state index < -0.39 is 0 Å². The van der Waals surface area contributed by atoms with E-state index in [1.807, 2.05) is 37.1 Å². The van der Waals surface area contributed by atoms with Gasteiger partial charge in [0.1, 0.15) is 0 Å². The lowest BCUT2D eigenvalue weighted by molar-refractivity contribution is 0.0783. The summed E-state index contributed by atoms with van der Waals surface area (Å²) in [6, 6.07) is 5.80. The molecule has 1 amide bonds. The van der Waals surface area contributed by atoms with Gasteiger partial charge in [0, 0.05) is 38.3 Å². The maximum absolute atomic E-state index is 12.4. The molecule has 0 spiro atoms. The van der Waals surface area contributed by atoms with Crippen LogP contribution in [0.4, 0.5) is 5.69 Å². The number of hydrogen-bond donors (Lipinski definition) is 2. The number of aryl methyl sites for hydroxylation is 1. The van der Waals surface area contributed by atoms with Crippen LogP contribution in [-0.4, -0.2) is 42.7 Å². The van der Waals surface area contributed by atoms with Crippen LogP contribution in [0.2, 0.25) is 0 Å². The Labute approximate surface area is 108 Å². The van der Waals surface area contributed by atoms with Gasteiger partial charge in [0.05, 0.1) is 5.56 Å². The highest BCUT2D eigenvalue weighted by atomic mass is 16.3. The molecule has 18 heavy (non-hydrogen) atoms. The van der Waals surface area contributed by atoms with Crippen molar-refractivity contribution in [2.24, 2.45) is 5.92 Å². The van der Waals surface area contributed by atoms with Crippen LogP contribution in [0, 0.1) is 12.8 Å². The van der Waals surface area contributed by atoms with Gasteiger partial charge in [0.15, 0.2) is 0 Å². The molecule has 1 aromatic carbocycles. The molecule has 1 aromatic rings. The number of carbonyl (C=O) groups excluding carboxylic acids is 1. The van der Waals surface area contributed by atoms with E-state index in [1.165, 1.54) is 0 Å². The molecule has 1 aliphatic rings. The van der Waals surface area contributed by atoms with Gasteiger partial charge in [-0.2, -0.15) is 0 Å². The minimum atomic E-state index is 0.0512. The predicted octanol–water partition coefficient (Wildman–Crippen LogP) is 1.49. The number of nitrogens with one attached hydrogen (secondary N) is 1. The molecule has 4 nitrogen and oxygen atoms in total. The quantitative estimate of drug-likeness (QED) is 0.852. The lowest BCUT2D eigenvalue weighted by atomic mass is 10.1. The SMILES string of the molecule is CNc1cc(C)ccc1C(=O)N1CCC(CO)C1. The Balaban J connectivity index is 2.19. The molecule has 1 atom stereocenters. The summed E-state index contributed by atoms with van der Waals surface area (Å²) < 4.78 is 0. The highest BCUT2D eigenvalue weighted by Crippen LogP contribution is 2.23. The van der Waals surface area contributed by atoms with Crippen molar-refractivity contribution in [1.82, 2.24) is 4.90 Å². The number of likely N-dealkylation sites (tertiary alicyclic amines) is 1. The lowest BCUT2D eigenvalue weighted by Gasteiger charge is -2.18. The Bertz CT molecular complexity index is 445. The van der Waals surface area contributed by atoms with Crippen LogP contribution in [0.5, 0.6) is 0 Å². The van der Waals surface area contributed by atoms with Crippen molar-refractivity contribution in [3.8, 4) is 0 Å². The van der Waals surface area contributed by atoms with E-state index in [-0.39, 0.29) is 18.4 Å². The fourth-order valence-corrected chi connectivity index (χ4v) is 2.39. The summed E-state index contributed by atoms with van der Waals surface area (Å²) >= 11 is 0. The van der Waals surface area contributed by atoms with Gasteiger partial charge >= 0.3 is 0 Å². The Morgan fingerprint density at radius 2 is 2.33 bits per heavy atom. The molecule has 1 saturated heterocycles. The zero-order chi connectivity index (χ0) is 13.1. The topological polar surface area (TPSA) is 52.6 Å². The lowest BCUT2D eigenvalue weighted by Crippen LogP contribution is -2.29. The maximum Gasteiger partial charge on any atom is 0.255 e. The smallest absolute Gasteiger partial charge is 0.255 e. The average molecular weight is 248 g/mol. The molecule has 2 N–H and O–H groups in total. The number of rotatable bonds is 3. The first-order valence-electron chi connectivity index (χ1n) is 6.34. The largest absolute Gasteiger partial charge is 0.396 e. The molecule has 0 saturated carbocycles. The Kier molecular flexibility index (Phi) is 3.87. The average Bonchev–Trinajstić information content (AvgIpc) is 2.86. The third-order valence-corrected chi connectivity index (χ3v) is 3.51. The summed E-state index contributed by atoms with van der Waals surface area (Å²) in [5.74, 6) is 0.285. The summed E-state index contributed by atoms with van der Waals surface area (Å²) in [5.41, 5.74) is 2.71. The Morgan fingerprint density at radius 3 is 2.94 bits per heavy atom. The normalized spacial score (nSPS) is 19.1. The number of aliphatic hydroxyl groups excluding tert-OH is 1. The minimum Gasteiger partial charge on any atom is -0.396 e. The zero-order valence-corrected chi connectivity index (χ0v) is 10.9. The van der Waals surface area contributed by atoms with E-state index in [9.17, 15) is 4.79 Å². The molecule has 0 aliphatic carbocycles. The molecular weight excluding hydrogens is 228 g/mol. The summed E-state index contributed by atoms with van der Waals surface area (Å²) in [4.78, 5) is 14.2. The monoisotopic (exact) mass is 248 g/mol. The second kappa shape index (κ2) is 5.40. The van der Waals surface area contributed by atoms with Crippen molar-refractivity contribution in [1.29, 1.82) is 0 Å². The Hall–Kier alpha value is -1.55. The number of nitrogens with zero attached hydrogens (tertiary/aromatic N) is 1. The molecule has 1 unspecified atom stereocenters. The summed E-state index contributed by atoms with van der Waals surface area (Å²) in [5, 5.41) is 12.2. The number of aliphatic hydroxyl groups is 1. The number of amides is 1. The molecule has 0 radical (unpaired) electrons. The predicted molar refractivity (Wildman–Crippen MR) is 71.8 cm³/mol. The molecule has 1 fully saturated rings. The van der Waals surface area contributed by atoms with Gasteiger partial charge in [-0.05, 0) is 31.0 Å². The van der Waals surface area contributed by atoms with Gasteiger partial charge in [-0.1, -0.05) is 6.07 Å². The first kappa shape index (κ1) is 12.9. The third kappa shape index (κ3) is 2.48. The van der Waals surface area contributed by atoms with Crippen molar-refractivity contribution >= 4 is 11.6 Å². The Morgan fingerprint density at radius 1 is 1.56 bits per heavy atom. The standard InChI is InChI=1S/C14H20N2O2/c1-10-3-4-12(13(7-10)15-2)14(18)16-6-5-11(8-16)9-17/h3-4,7,11,15,17H,5-6,8-9H2,1-2H3. The van der Waals surface area contributed by atoms with E-state index in [4.69, 9.17) is 5.11 Å². The highest BCUT2D eigenvalue weighted by Gasteiger charge is 2.27. The van der Waals surface area contributed by atoms with E-state index in [0.717, 1.165) is 24.2 Å². The van der Waals surface area contributed by atoms with Crippen LogP contribution in [-0.2, 0) is 0 Å². The van der Waals surface area contributed by atoms with E-state index in [0.29, 0.717) is 12.1 Å². The van der Waals surface area contributed by atoms with Gasteiger partial charge in [-0.15, -0.1) is 0 Å². The third-order valence-electron chi connectivity index (χ3n) is 3.51. The first-order valence-corrected chi connectivity index (χ1v) is 6.34. The molecule has 0 bridgehead atoms. The molecule has 0 aromatic heterocycles. The second-order valence-electron chi connectivity index (χ2n) is 4.89. The summed E-state index contributed by atoms with van der Waals surface area (Å²) in [6.07, 6.45) is 0.892. The first-order chi connectivity index (χ1) is 8.65. The van der Waals surface area contributed by atoms with E-state index >= 15 is 0 Å². The fraction of sp³-hybridized carbons (Fsp3) is 0.500. The fourth-order valence-electron chi connectivity index (χ4n) is 2.39. The van der Waals surface area contributed by atoms with Crippen LogP contribution in [0.1, 0.15) is 22.3 Å². The van der Waals surface area contributed by atoms with Gasteiger partial charge in [-0.3, -0.25) is 4.79 Å². The minimum absolute atomic E-state index is 0.0512. The van der Waals surface area contributed by atoms with E-state index in [1.54, 1.807) is 0 Å².